The van der Waals surface area contributed by atoms with Gasteiger partial charge in [0.25, 0.3) is 0 Å². The van der Waals surface area contributed by atoms with Crippen LogP contribution in [0.2, 0.25) is 0 Å². The lowest BCUT2D eigenvalue weighted by atomic mass is 10.0. The minimum absolute atomic E-state index is 0.0745. The predicted molar refractivity (Wildman–Crippen MR) is 298 cm³/mol. The van der Waals surface area contributed by atoms with E-state index < -0.39 is 6.10 Å². The van der Waals surface area contributed by atoms with Gasteiger partial charge in [0.2, 0.25) is 0 Å². The molecule has 0 aliphatic heterocycles. The van der Waals surface area contributed by atoms with Crippen LogP contribution < -0.4 is 0 Å². The average molecular weight is 966 g/mol. The maximum Gasteiger partial charge on any atom is 0.306 e. The summed E-state index contributed by atoms with van der Waals surface area (Å²) < 4.78 is 16.9. The van der Waals surface area contributed by atoms with Crippen LogP contribution in [0, 0.1) is 0 Å². The SMILES string of the molecule is CC/C=C\C/C=C\C/C=C\C/C=C\CCCCCCCCCCCCCCC(=O)OCC(COC(=O)CCCCCCCCCCCCC)OC(=O)CCCCCCC/C=C\CCCCCCCC. The topological polar surface area (TPSA) is 78.9 Å². The molecule has 0 saturated heterocycles. The Balaban J connectivity index is 4.24. The lowest BCUT2D eigenvalue weighted by Crippen LogP contribution is -2.30. The highest BCUT2D eigenvalue weighted by Gasteiger charge is 2.19. The van der Waals surface area contributed by atoms with E-state index in [9.17, 15) is 14.4 Å². The Morgan fingerprint density at radius 2 is 0.565 bits per heavy atom. The molecule has 0 heterocycles. The molecule has 0 aliphatic carbocycles. The molecule has 0 fully saturated rings. The van der Waals surface area contributed by atoms with E-state index in [1.54, 1.807) is 0 Å². The zero-order chi connectivity index (χ0) is 50.0. The first kappa shape index (κ1) is 66.1. The Morgan fingerprint density at radius 3 is 0.899 bits per heavy atom. The van der Waals surface area contributed by atoms with Gasteiger partial charge in [0.1, 0.15) is 13.2 Å². The summed E-state index contributed by atoms with van der Waals surface area (Å²) in [5, 5.41) is 0. The molecule has 0 radical (unpaired) electrons. The highest BCUT2D eigenvalue weighted by Crippen LogP contribution is 2.16. The van der Waals surface area contributed by atoms with Crippen LogP contribution >= 0.6 is 0 Å². The Hall–Kier alpha value is -2.89. The number of unbranched alkanes of at least 4 members (excludes halogenated alkanes) is 33. The summed E-state index contributed by atoms with van der Waals surface area (Å²) in [4.78, 5) is 38.1. The van der Waals surface area contributed by atoms with Gasteiger partial charge in [0.05, 0.1) is 0 Å². The van der Waals surface area contributed by atoms with Crippen molar-refractivity contribution >= 4 is 17.9 Å². The first-order chi connectivity index (χ1) is 34.0. The summed E-state index contributed by atoms with van der Waals surface area (Å²) in [5.74, 6) is -0.873. The Labute approximate surface area is 428 Å². The lowest BCUT2D eigenvalue weighted by Gasteiger charge is -2.18. The van der Waals surface area contributed by atoms with Crippen molar-refractivity contribution in [2.24, 2.45) is 0 Å². The smallest absolute Gasteiger partial charge is 0.306 e. The second-order valence-electron chi connectivity index (χ2n) is 19.9. The van der Waals surface area contributed by atoms with Gasteiger partial charge in [-0.2, -0.15) is 0 Å². The molecule has 6 heteroatoms. The molecule has 0 aromatic carbocycles. The molecule has 0 rings (SSSR count). The summed E-state index contributed by atoms with van der Waals surface area (Å²) in [6.07, 6.45) is 72.2. The van der Waals surface area contributed by atoms with Crippen LogP contribution in [-0.4, -0.2) is 37.2 Å². The van der Waals surface area contributed by atoms with Crippen LogP contribution in [0.3, 0.4) is 0 Å². The molecular weight excluding hydrogens is 853 g/mol. The van der Waals surface area contributed by atoms with E-state index in [0.717, 1.165) is 89.9 Å². The summed E-state index contributed by atoms with van der Waals surface area (Å²) >= 11 is 0. The van der Waals surface area contributed by atoms with Gasteiger partial charge in [-0.1, -0.05) is 261 Å². The minimum Gasteiger partial charge on any atom is -0.462 e. The molecular formula is C63H112O6. The fraction of sp³-hybridized carbons (Fsp3) is 0.794. The largest absolute Gasteiger partial charge is 0.462 e. The minimum atomic E-state index is -0.776. The fourth-order valence-corrected chi connectivity index (χ4v) is 8.55. The normalized spacial score (nSPS) is 12.4. The molecule has 0 amide bonds. The number of carbonyl (C=O) groups excluding carboxylic acids is 3. The average Bonchev–Trinajstić information content (AvgIpc) is 3.35. The van der Waals surface area contributed by atoms with E-state index >= 15 is 0 Å². The van der Waals surface area contributed by atoms with Crippen molar-refractivity contribution < 1.29 is 28.6 Å². The summed E-state index contributed by atoms with van der Waals surface area (Å²) in [6.45, 7) is 6.54. The second-order valence-corrected chi connectivity index (χ2v) is 19.9. The van der Waals surface area contributed by atoms with Gasteiger partial charge in [-0.25, -0.2) is 0 Å². The summed E-state index contributed by atoms with van der Waals surface area (Å²) in [6, 6.07) is 0. The maximum atomic E-state index is 12.8. The molecule has 0 aliphatic rings. The molecule has 1 unspecified atom stereocenters. The summed E-state index contributed by atoms with van der Waals surface area (Å²) in [5.41, 5.74) is 0. The zero-order valence-electron chi connectivity index (χ0n) is 45.8. The Bertz CT molecular complexity index is 1250. The van der Waals surface area contributed by atoms with Gasteiger partial charge in [-0.3, -0.25) is 14.4 Å². The van der Waals surface area contributed by atoms with Crippen molar-refractivity contribution in [3.8, 4) is 0 Å². The summed E-state index contributed by atoms with van der Waals surface area (Å²) in [7, 11) is 0. The molecule has 0 N–H and O–H groups in total. The number of esters is 3. The standard InChI is InChI=1S/C63H112O6/c1-4-7-10-13-16-19-22-24-26-27-28-29-30-31-32-33-34-35-37-38-41-44-47-50-53-56-62(65)68-59-60(58-67-61(64)55-52-49-46-43-40-21-18-15-12-9-6-3)69-63(66)57-54-51-48-45-42-39-36-25-23-20-17-14-11-8-5-2/h7,10,16,19,24-26,28-29,36,60H,4-6,8-9,11-15,17-18,20-23,27,30-35,37-59H2,1-3H3/b10-7-,19-16-,26-24-,29-28-,36-25-. The highest BCUT2D eigenvalue weighted by atomic mass is 16.6. The van der Waals surface area contributed by atoms with Crippen molar-refractivity contribution in [1.82, 2.24) is 0 Å². The third kappa shape index (κ3) is 55.9. The van der Waals surface area contributed by atoms with E-state index in [0.29, 0.717) is 19.3 Å². The number of carbonyl (C=O) groups is 3. The van der Waals surface area contributed by atoms with Crippen LogP contribution in [0.15, 0.2) is 60.8 Å². The van der Waals surface area contributed by atoms with Crippen LogP contribution in [-0.2, 0) is 28.6 Å². The van der Waals surface area contributed by atoms with Crippen molar-refractivity contribution in [2.45, 2.75) is 309 Å². The molecule has 6 nitrogen and oxygen atoms in total. The highest BCUT2D eigenvalue weighted by molar-refractivity contribution is 5.71. The predicted octanol–water partition coefficient (Wildman–Crippen LogP) is 20.0. The molecule has 0 bridgehead atoms. The third-order valence-electron chi connectivity index (χ3n) is 13.0. The van der Waals surface area contributed by atoms with Crippen LogP contribution in [0.5, 0.6) is 0 Å². The number of ether oxygens (including phenoxy) is 3. The Kier molecular flexibility index (Phi) is 55.3. The van der Waals surface area contributed by atoms with E-state index in [1.807, 2.05) is 0 Å². The van der Waals surface area contributed by atoms with Crippen LogP contribution in [0.25, 0.3) is 0 Å². The quantitative estimate of drug-likeness (QED) is 0.0262. The molecule has 69 heavy (non-hydrogen) atoms. The molecule has 400 valence electrons. The molecule has 1 atom stereocenters. The van der Waals surface area contributed by atoms with Crippen molar-refractivity contribution in [3.05, 3.63) is 60.8 Å². The monoisotopic (exact) mass is 965 g/mol. The van der Waals surface area contributed by atoms with Gasteiger partial charge < -0.3 is 14.2 Å². The van der Waals surface area contributed by atoms with Gasteiger partial charge in [-0.15, -0.1) is 0 Å². The maximum absolute atomic E-state index is 12.8. The number of rotatable bonds is 54. The van der Waals surface area contributed by atoms with E-state index in [4.69, 9.17) is 14.2 Å². The first-order valence-electron chi connectivity index (χ1n) is 29.8. The van der Waals surface area contributed by atoms with Gasteiger partial charge in [0.15, 0.2) is 6.10 Å². The second kappa shape index (κ2) is 57.7. The van der Waals surface area contributed by atoms with E-state index in [1.165, 1.54) is 173 Å². The van der Waals surface area contributed by atoms with Gasteiger partial charge in [-0.05, 0) is 83.5 Å². The van der Waals surface area contributed by atoms with Crippen molar-refractivity contribution in [1.29, 1.82) is 0 Å². The first-order valence-corrected chi connectivity index (χ1v) is 29.8. The van der Waals surface area contributed by atoms with E-state index in [2.05, 4.69) is 81.5 Å². The fourth-order valence-electron chi connectivity index (χ4n) is 8.55. The number of allylic oxidation sites excluding steroid dienone is 10. The van der Waals surface area contributed by atoms with Crippen molar-refractivity contribution in [2.75, 3.05) is 13.2 Å². The van der Waals surface area contributed by atoms with Crippen molar-refractivity contribution in [3.63, 3.8) is 0 Å². The Morgan fingerprint density at radius 1 is 0.304 bits per heavy atom. The van der Waals surface area contributed by atoms with Gasteiger partial charge >= 0.3 is 17.9 Å². The zero-order valence-corrected chi connectivity index (χ0v) is 45.8. The third-order valence-corrected chi connectivity index (χ3v) is 13.0. The molecule has 0 saturated carbocycles. The van der Waals surface area contributed by atoms with Crippen LogP contribution in [0.4, 0.5) is 0 Å². The van der Waals surface area contributed by atoms with Crippen LogP contribution in [0.1, 0.15) is 303 Å². The molecule has 0 spiro atoms. The van der Waals surface area contributed by atoms with Gasteiger partial charge in [0, 0.05) is 19.3 Å². The lowest BCUT2D eigenvalue weighted by molar-refractivity contribution is -0.167. The number of hydrogen-bond acceptors (Lipinski definition) is 6. The van der Waals surface area contributed by atoms with E-state index in [-0.39, 0.29) is 31.1 Å². The number of hydrogen-bond donors (Lipinski definition) is 0. The molecule has 0 aromatic rings. The molecule has 0 aromatic heterocycles.